The molecule has 1 aliphatic rings. The third kappa shape index (κ3) is 3.38. The predicted molar refractivity (Wildman–Crippen MR) is 88.6 cm³/mol. The molecule has 1 aliphatic heterocycles. The molecule has 0 N–H and O–H groups in total. The van der Waals surface area contributed by atoms with Gasteiger partial charge in [0, 0.05) is 6.07 Å². The largest absolute Gasteiger partial charge is 0.493 e. The molecular weight excluding hydrogens is 330 g/mol. The molecule has 8 heteroatoms. The number of benzene rings is 1. The van der Waals surface area contributed by atoms with Crippen molar-refractivity contribution in [3.8, 4) is 17.2 Å². The normalized spacial score (nSPS) is 12.9. The standard InChI is InChI=1S/C17H21NO7/c1-5-6-7-25-12(19)9-18-10-8-11(22-2)15(23-3)16(24-4)13(10)14(20)17(18)21/h8H,5-7,9H2,1-4H3. The van der Waals surface area contributed by atoms with Crippen molar-refractivity contribution in [2.24, 2.45) is 0 Å². The Morgan fingerprint density at radius 1 is 1.08 bits per heavy atom. The fraction of sp³-hybridized carbons (Fsp3) is 0.471. The molecule has 1 amide bonds. The summed E-state index contributed by atoms with van der Waals surface area (Å²) in [6.45, 7) is 1.88. The van der Waals surface area contributed by atoms with Crippen LogP contribution in [0.25, 0.3) is 0 Å². The fourth-order valence-corrected chi connectivity index (χ4v) is 2.58. The first-order valence-corrected chi connectivity index (χ1v) is 7.84. The lowest BCUT2D eigenvalue weighted by molar-refractivity contribution is -0.142. The lowest BCUT2D eigenvalue weighted by Gasteiger charge is -2.19. The summed E-state index contributed by atoms with van der Waals surface area (Å²) in [6, 6.07) is 1.47. The van der Waals surface area contributed by atoms with Crippen molar-refractivity contribution in [3.63, 3.8) is 0 Å². The van der Waals surface area contributed by atoms with E-state index >= 15 is 0 Å². The minimum absolute atomic E-state index is 0.0477. The number of unbranched alkanes of at least 4 members (excludes halogenated alkanes) is 1. The topological polar surface area (TPSA) is 91.4 Å². The van der Waals surface area contributed by atoms with Gasteiger partial charge in [0.25, 0.3) is 11.7 Å². The number of hydrogen-bond acceptors (Lipinski definition) is 7. The summed E-state index contributed by atoms with van der Waals surface area (Å²) in [5.74, 6) is -1.60. The number of fused-ring (bicyclic) bond motifs is 1. The summed E-state index contributed by atoms with van der Waals surface area (Å²) >= 11 is 0. The maximum Gasteiger partial charge on any atom is 0.326 e. The van der Waals surface area contributed by atoms with E-state index in [1.165, 1.54) is 27.4 Å². The van der Waals surface area contributed by atoms with Crippen LogP contribution >= 0.6 is 0 Å². The van der Waals surface area contributed by atoms with Crippen LogP contribution < -0.4 is 19.1 Å². The maximum atomic E-state index is 12.4. The van der Waals surface area contributed by atoms with Crippen molar-refractivity contribution in [3.05, 3.63) is 11.6 Å². The summed E-state index contributed by atoms with van der Waals surface area (Å²) in [4.78, 5) is 37.7. The molecule has 0 spiro atoms. The third-order valence-corrected chi connectivity index (χ3v) is 3.81. The number of esters is 1. The molecule has 0 fully saturated rings. The minimum atomic E-state index is -0.823. The Bertz CT molecular complexity index is 699. The fourth-order valence-electron chi connectivity index (χ4n) is 2.58. The highest BCUT2D eigenvalue weighted by Gasteiger charge is 2.42. The third-order valence-electron chi connectivity index (χ3n) is 3.81. The summed E-state index contributed by atoms with van der Waals surface area (Å²) in [6.07, 6.45) is 1.61. The number of amides is 1. The smallest absolute Gasteiger partial charge is 0.326 e. The lowest BCUT2D eigenvalue weighted by Crippen LogP contribution is -2.35. The van der Waals surface area contributed by atoms with Gasteiger partial charge in [0.15, 0.2) is 11.5 Å². The number of nitrogens with zero attached hydrogens (tertiary/aromatic N) is 1. The van der Waals surface area contributed by atoms with Gasteiger partial charge in [0.1, 0.15) is 6.54 Å². The molecule has 8 nitrogen and oxygen atoms in total. The second kappa shape index (κ2) is 7.87. The first-order chi connectivity index (χ1) is 12.0. The molecule has 0 unspecified atom stereocenters. The van der Waals surface area contributed by atoms with Gasteiger partial charge in [-0.3, -0.25) is 19.3 Å². The Kier molecular flexibility index (Phi) is 5.84. The summed E-state index contributed by atoms with van der Waals surface area (Å²) < 4.78 is 20.8. The van der Waals surface area contributed by atoms with Crippen LogP contribution in [-0.4, -0.2) is 52.1 Å². The monoisotopic (exact) mass is 351 g/mol. The molecule has 0 aromatic heterocycles. The van der Waals surface area contributed by atoms with Crippen LogP contribution in [0.15, 0.2) is 6.07 Å². The second-order valence-electron chi connectivity index (χ2n) is 5.33. The highest BCUT2D eigenvalue weighted by molar-refractivity contribution is 6.53. The van der Waals surface area contributed by atoms with Crippen molar-refractivity contribution in [1.29, 1.82) is 0 Å². The lowest BCUT2D eigenvalue weighted by atomic mass is 10.1. The van der Waals surface area contributed by atoms with Gasteiger partial charge in [0.05, 0.1) is 39.2 Å². The van der Waals surface area contributed by atoms with E-state index in [9.17, 15) is 14.4 Å². The van der Waals surface area contributed by atoms with Gasteiger partial charge >= 0.3 is 5.97 Å². The van der Waals surface area contributed by atoms with Gasteiger partial charge < -0.3 is 18.9 Å². The van der Waals surface area contributed by atoms with E-state index in [4.69, 9.17) is 18.9 Å². The van der Waals surface area contributed by atoms with Gasteiger partial charge in [-0.1, -0.05) is 13.3 Å². The van der Waals surface area contributed by atoms with Gasteiger partial charge in [-0.25, -0.2) is 0 Å². The van der Waals surface area contributed by atoms with E-state index in [1.807, 2.05) is 6.92 Å². The molecular formula is C17H21NO7. The molecule has 0 bridgehead atoms. The zero-order chi connectivity index (χ0) is 18.6. The van der Waals surface area contributed by atoms with Crippen LogP contribution in [0.1, 0.15) is 30.1 Å². The number of rotatable bonds is 8. The molecule has 1 aromatic rings. The average molecular weight is 351 g/mol. The number of carbonyl (C=O) groups excluding carboxylic acids is 3. The number of anilines is 1. The SMILES string of the molecule is CCCCOC(=O)CN1C(=O)C(=O)c2c1cc(OC)c(OC)c2OC. The molecule has 0 atom stereocenters. The van der Waals surface area contributed by atoms with Crippen LogP contribution in [0.2, 0.25) is 0 Å². The minimum Gasteiger partial charge on any atom is -0.493 e. The number of Topliss-reactive ketones (excluding diaryl/α,β-unsaturated/α-hetero) is 1. The van der Waals surface area contributed by atoms with Crippen molar-refractivity contribution in [2.75, 3.05) is 39.4 Å². The van der Waals surface area contributed by atoms with E-state index < -0.39 is 17.7 Å². The molecule has 1 heterocycles. The molecule has 136 valence electrons. The van der Waals surface area contributed by atoms with Gasteiger partial charge in [-0.05, 0) is 6.42 Å². The van der Waals surface area contributed by atoms with Crippen molar-refractivity contribution in [1.82, 2.24) is 0 Å². The predicted octanol–water partition coefficient (Wildman–Crippen LogP) is 1.58. The van der Waals surface area contributed by atoms with E-state index in [2.05, 4.69) is 0 Å². The van der Waals surface area contributed by atoms with Crippen molar-refractivity contribution >= 4 is 23.3 Å². The highest BCUT2D eigenvalue weighted by Crippen LogP contribution is 2.47. The molecule has 1 aromatic carbocycles. The molecule has 2 rings (SSSR count). The molecule has 0 radical (unpaired) electrons. The van der Waals surface area contributed by atoms with Crippen LogP contribution in [-0.2, 0) is 14.3 Å². The van der Waals surface area contributed by atoms with Gasteiger partial charge in [0.2, 0.25) is 5.75 Å². The Morgan fingerprint density at radius 2 is 1.76 bits per heavy atom. The van der Waals surface area contributed by atoms with Crippen LogP contribution in [0, 0.1) is 0 Å². The second-order valence-corrected chi connectivity index (χ2v) is 5.33. The maximum absolute atomic E-state index is 12.4. The number of ketones is 1. The zero-order valence-electron chi connectivity index (χ0n) is 14.7. The van der Waals surface area contributed by atoms with Crippen molar-refractivity contribution < 1.29 is 33.3 Å². The Morgan fingerprint density at radius 3 is 2.32 bits per heavy atom. The van der Waals surface area contributed by atoms with Crippen LogP contribution in [0.4, 0.5) is 5.69 Å². The van der Waals surface area contributed by atoms with Gasteiger partial charge in [-0.2, -0.15) is 0 Å². The number of ether oxygens (including phenoxy) is 4. The molecule has 0 aliphatic carbocycles. The Hall–Kier alpha value is -2.77. The number of methoxy groups -OCH3 is 3. The quantitative estimate of drug-likeness (QED) is 0.399. The first-order valence-electron chi connectivity index (χ1n) is 7.84. The summed E-state index contributed by atoms with van der Waals surface area (Å²) in [7, 11) is 4.18. The van der Waals surface area contributed by atoms with E-state index in [0.29, 0.717) is 0 Å². The molecule has 0 saturated heterocycles. The average Bonchev–Trinajstić information content (AvgIpc) is 2.84. The van der Waals surface area contributed by atoms with Crippen LogP contribution in [0.5, 0.6) is 17.2 Å². The highest BCUT2D eigenvalue weighted by atomic mass is 16.5. The summed E-state index contributed by atoms with van der Waals surface area (Å²) in [5.41, 5.74) is 0.281. The Balaban J connectivity index is 2.40. The van der Waals surface area contributed by atoms with Gasteiger partial charge in [-0.15, -0.1) is 0 Å². The van der Waals surface area contributed by atoms with E-state index in [1.54, 1.807) is 0 Å². The number of hydrogen-bond donors (Lipinski definition) is 0. The number of carbonyl (C=O) groups is 3. The first kappa shape index (κ1) is 18.6. The molecule has 25 heavy (non-hydrogen) atoms. The molecule has 0 saturated carbocycles. The van der Waals surface area contributed by atoms with Crippen molar-refractivity contribution in [2.45, 2.75) is 19.8 Å². The van der Waals surface area contributed by atoms with E-state index in [-0.39, 0.29) is 41.7 Å². The Labute approximate surface area is 145 Å². The zero-order valence-corrected chi connectivity index (χ0v) is 14.7. The van der Waals surface area contributed by atoms with E-state index in [0.717, 1.165) is 17.7 Å². The summed E-state index contributed by atoms with van der Waals surface area (Å²) in [5, 5.41) is 0. The van der Waals surface area contributed by atoms with Crippen LogP contribution in [0.3, 0.4) is 0 Å².